The molecule has 6 heteroatoms. The highest BCUT2D eigenvalue weighted by molar-refractivity contribution is 14.0. The number of hydrogen-bond donors (Lipinski definition) is 3. The zero-order chi connectivity index (χ0) is 15.0. The minimum absolute atomic E-state index is 0. The normalized spacial score (nSPS) is 17.5. The van der Waals surface area contributed by atoms with E-state index in [1.807, 2.05) is 25.1 Å². The Morgan fingerprint density at radius 3 is 2.55 bits per heavy atom. The van der Waals surface area contributed by atoms with Crippen LogP contribution in [0.2, 0.25) is 0 Å². The fourth-order valence-electron chi connectivity index (χ4n) is 2.27. The number of aliphatic imine (C=N–C) groups is 1. The van der Waals surface area contributed by atoms with Crippen LogP contribution >= 0.6 is 24.0 Å². The van der Waals surface area contributed by atoms with Gasteiger partial charge in [-0.3, -0.25) is 0 Å². The van der Waals surface area contributed by atoms with E-state index in [4.69, 9.17) is 4.74 Å². The van der Waals surface area contributed by atoms with Gasteiger partial charge >= 0.3 is 0 Å². The van der Waals surface area contributed by atoms with Gasteiger partial charge < -0.3 is 20.5 Å². The molecule has 0 aliphatic carbocycles. The summed E-state index contributed by atoms with van der Waals surface area (Å²) in [5, 5.41) is 16.9. The predicted octanol–water partition coefficient (Wildman–Crippen LogP) is 1.90. The second kappa shape index (κ2) is 10.0. The van der Waals surface area contributed by atoms with E-state index < -0.39 is 5.60 Å². The topological polar surface area (TPSA) is 65.9 Å². The molecule has 1 heterocycles. The SMILES string of the molecule is CCNC(=NCc1ccccc1)NCC1(O)CCOCC1.I. The molecule has 2 rings (SSSR count). The first kappa shape index (κ1) is 19.2. The summed E-state index contributed by atoms with van der Waals surface area (Å²) in [5.41, 5.74) is 0.473. The molecule has 0 atom stereocenters. The van der Waals surface area contributed by atoms with Gasteiger partial charge in [0.05, 0.1) is 12.1 Å². The van der Waals surface area contributed by atoms with Crippen LogP contribution < -0.4 is 10.6 Å². The fourth-order valence-corrected chi connectivity index (χ4v) is 2.27. The number of benzene rings is 1. The average Bonchev–Trinajstić information content (AvgIpc) is 2.52. The van der Waals surface area contributed by atoms with Crippen LogP contribution in [0.15, 0.2) is 35.3 Å². The Morgan fingerprint density at radius 2 is 1.91 bits per heavy atom. The number of hydrogen-bond acceptors (Lipinski definition) is 3. The molecule has 1 aromatic carbocycles. The van der Waals surface area contributed by atoms with E-state index in [9.17, 15) is 5.11 Å². The van der Waals surface area contributed by atoms with E-state index in [1.165, 1.54) is 5.56 Å². The molecule has 1 aliphatic rings. The molecular formula is C16H26IN3O2. The maximum Gasteiger partial charge on any atom is 0.191 e. The first-order valence-corrected chi connectivity index (χ1v) is 7.58. The largest absolute Gasteiger partial charge is 0.388 e. The smallest absolute Gasteiger partial charge is 0.191 e. The highest BCUT2D eigenvalue weighted by Gasteiger charge is 2.29. The number of aliphatic hydroxyl groups is 1. The van der Waals surface area contributed by atoms with Gasteiger partial charge in [-0.2, -0.15) is 0 Å². The molecule has 1 fully saturated rings. The van der Waals surface area contributed by atoms with Gasteiger partial charge in [-0.1, -0.05) is 30.3 Å². The third kappa shape index (κ3) is 6.50. The zero-order valence-electron chi connectivity index (χ0n) is 13.0. The van der Waals surface area contributed by atoms with Crippen LogP contribution in [0.1, 0.15) is 25.3 Å². The van der Waals surface area contributed by atoms with Crippen LogP contribution in [0.3, 0.4) is 0 Å². The Balaban J connectivity index is 0.00000242. The molecule has 0 bridgehead atoms. The summed E-state index contributed by atoms with van der Waals surface area (Å²) in [4.78, 5) is 4.55. The summed E-state index contributed by atoms with van der Waals surface area (Å²) in [6.07, 6.45) is 1.33. The highest BCUT2D eigenvalue weighted by atomic mass is 127. The lowest BCUT2D eigenvalue weighted by Crippen LogP contribution is -2.49. The minimum atomic E-state index is -0.693. The number of guanidine groups is 1. The second-order valence-electron chi connectivity index (χ2n) is 5.37. The lowest BCUT2D eigenvalue weighted by Gasteiger charge is -2.32. The maximum atomic E-state index is 10.4. The van der Waals surface area contributed by atoms with Crippen LogP contribution in [0, 0.1) is 0 Å². The predicted molar refractivity (Wildman–Crippen MR) is 99.7 cm³/mol. The number of ether oxygens (including phenoxy) is 1. The second-order valence-corrected chi connectivity index (χ2v) is 5.37. The molecule has 5 nitrogen and oxygen atoms in total. The highest BCUT2D eigenvalue weighted by Crippen LogP contribution is 2.19. The van der Waals surface area contributed by atoms with Crippen LogP contribution in [-0.4, -0.2) is 43.0 Å². The Morgan fingerprint density at radius 1 is 1.23 bits per heavy atom. The average molecular weight is 419 g/mol. The Labute approximate surface area is 149 Å². The Hall–Kier alpha value is -0.860. The van der Waals surface area contributed by atoms with Gasteiger partial charge in [0, 0.05) is 39.1 Å². The Bertz CT molecular complexity index is 448. The van der Waals surface area contributed by atoms with E-state index in [2.05, 4.69) is 27.8 Å². The summed E-state index contributed by atoms with van der Waals surface area (Å²) in [5.74, 6) is 0.737. The van der Waals surface area contributed by atoms with Crippen molar-refractivity contribution in [1.82, 2.24) is 10.6 Å². The molecule has 0 spiro atoms. The summed E-state index contributed by atoms with van der Waals surface area (Å²) in [7, 11) is 0. The monoisotopic (exact) mass is 419 g/mol. The summed E-state index contributed by atoms with van der Waals surface area (Å²) in [6.45, 7) is 5.19. The van der Waals surface area contributed by atoms with Gasteiger partial charge in [-0.15, -0.1) is 24.0 Å². The quantitative estimate of drug-likeness (QED) is 0.388. The molecule has 1 saturated heterocycles. The molecule has 1 aromatic rings. The van der Waals surface area contributed by atoms with Gasteiger partial charge in [0.15, 0.2) is 5.96 Å². The van der Waals surface area contributed by atoms with Crippen LogP contribution in [0.5, 0.6) is 0 Å². The number of nitrogens with zero attached hydrogens (tertiary/aromatic N) is 1. The van der Waals surface area contributed by atoms with E-state index in [0.717, 1.165) is 12.5 Å². The molecule has 22 heavy (non-hydrogen) atoms. The van der Waals surface area contributed by atoms with Gasteiger partial charge in [0.1, 0.15) is 0 Å². The zero-order valence-corrected chi connectivity index (χ0v) is 15.4. The lowest BCUT2D eigenvalue weighted by atomic mass is 9.94. The van der Waals surface area contributed by atoms with Gasteiger partial charge in [0.2, 0.25) is 0 Å². The van der Waals surface area contributed by atoms with Crippen molar-refractivity contribution in [2.45, 2.75) is 31.9 Å². The van der Waals surface area contributed by atoms with E-state index in [1.54, 1.807) is 0 Å². The van der Waals surface area contributed by atoms with Crippen molar-refractivity contribution in [2.75, 3.05) is 26.3 Å². The van der Waals surface area contributed by atoms with Crippen molar-refractivity contribution < 1.29 is 9.84 Å². The van der Waals surface area contributed by atoms with Crippen LogP contribution in [0.4, 0.5) is 0 Å². The first-order valence-electron chi connectivity index (χ1n) is 7.58. The molecule has 0 amide bonds. The maximum absolute atomic E-state index is 10.4. The number of nitrogens with one attached hydrogen (secondary N) is 2. The van der Waals surface area contributed by atoms with Crippen molar-refractivity contribution in [3.63, 3.8) is 0 Å². The van der Waals surface area contributed by atoms with Gasteiger partial charge in [-0.05, 0) is 12.5 Å². The van der Waals surface area contributed by atoms with Crippen LogP contribution in [0.25, 0.3) is 0 Å². The van der Waals surface area contributed by atoms with Gasteiger partial charge in [-0.25, -0.2) is 4.99 Å². The molecule has 0 radical (unpaired) electrons. The van der Waals surface area contributed by atoms with Crippen molar-refractivity contribution in [2.24, 2.45) is 4.99 Å². The van der Waals surface area contributed by atoms with Gasteiger partial charge in [0.25, 0.3) is 0 Å². The third-order valence-corrected chi connectivity index (χ3v) is 3.62. The Kier molecular flexibility index (Phi) is 8.74. The molecule has 0 aromatic heterocycles. The van der Waals surface area contributed by atoms with Crippen molar-refractivity contribution in [3.8, 4) is 0 Å². The summed E-state index contributed by atoms with van der Waals surface area (Å²) < 4.78 is 5.29. The van der Waals surface area contributed by atoms with E-state index in [-0.39, 0.29) is 24.0 Å². The number of halogens is 1. The molecule has 124 valence electrons. The minimum Gasteiger partial charge on any atom is -0.388 e. The first-order chi connectivity index (χ1) is 10.2. The molecular weight excluding hydrogens is 393 g/mol. The van der Waals surface area contributed by atoms with Crippen molar-refractivity contribution >= 4 is 29.9 Å². The molecule has 1 aliphatic heterocycles. The third-order valence-electron chi connectivity index (χ3n) is 3.62. The summed E-state index contributed by atoms with van der Waals surface area (Å²) in [6, 6.07) is 10.1. The molecule has 0 saturated carbocycles. The molecule has 0 unspecified atom stereocenters. The standard InChI is InChI=1S/C16H25N3O2.HI/c1-2-17-15(18-12-14-6-4-3-5-7-14)19-13-16(20)8-10-21-11-9-16;/h3-7,20H,2,8-13H2,1H3,(H2,17,18,19);1H. The lowest BCUT2D eigenvalue weighted by molar-refractivity contribution is -0.0594. The van der Waals surface area contributed by atoms with Crippen LogP contribution in [-0.2, 0) is 11.3 Å². The van der Waals surface area contributed by atoms with E-state index >= 15 is 0 Å². The fraction of sp³-hybridized carbons (Fsp3) is 0.562. The number of rotatable bonds is 5. The van der Waals surface area contributed by atoms with E-state index in [0.29, 0.717) is 39.1 Å². The summed E-state index contributed by atoms with van der Waals surface area (Å²) >= 11 is 0. The van der Waals surface area contributed by atoms with Crippen molar-refractivity contribution in [3.05, 3.63) is 35.9 Å². The van der Waals surface area contributed by atoms with Crippen molar-refractivity contribution in [1.29, 1.82) is 0 Å². The molecule has 3 N–H and O–H groups in total.